The molecule has 1 aromatic rings. The zero-order valence-corrected chi connectivity index (χ0v) is 12.1. The number of nitrogen functional groups attached to an aromatic ring is 1. The molecule has 6 nitrogen and oxygen atoms in total. The summed E-state index contributed by atoms with van der Waals surface area (Å²) in [4.78, 5) is 24.3. The molecule has 20 heavy (non-hydrogen) atoms. The van der Waals surface area contributed by atoms with E-state index in [0.717, 1.165) is 18.7 Å². The quantitative estimate of drug-likeness (QED) is 0.524. The number of carbonyl (C=O) groups is 1. The van der Waals surface area contributed by atoms with Crippen LogP contribution in [0.4, 0.5) is 11.4 Å². The minimum Gasteiger partial charge on any atom is -0.393 e. The summed E-state index contributed by atoms with van der Waals surface area (Å²) in [6.45, 7) is 3.53. The number of thioether (sulfide) groups is 1. The van der Waals surface area contributed by atoms with Gasteiger partial charge >= 0.3 is 0 Å². The van der Waals surface area contributed by atoms with Crippen molar-refractivity contribution in [1.29, 1.82) is 0 Å². The van der Waals surface area contributed by atoms with Gasteiger partial charge in [0.15, 0.2) is 0 Å². The van der Waals surface area contributed by atoms with Crippen molar-refractivity contribution in [1.82, 2.24) is 4.90 Å². The predicted molar refractivity (Wildman–Crippen MR) is 79.9 cm³/mol. The molecule has 0 spiro atoms. The number of rotatable bonds is 3. The van der Waals surface area contributed by atoms with Crippen molar-refractivity contribution in [2.24, 2.45) is 0 Å². The van der Waals surface area contributed by atoms with Crippen LogP contribution in [-0.4, -0.2) is 39.8 Å². The highest BCUT2D eigenvalue weighted by molar-refractivity contribution is 8.00. The van der Waals surface area contributed by atoms with Crippen LogP contribution >= 0.6 is 11.8 Å². The number of benzene rings is 1. The Hall–Kier alpha value is -1.76. The van der Waals surface area contributed by atoms with Gasteiger partial charge in [-0.1, -0.05) is 6.92 Å². The van der Waals surface area contributed by atoms with E-state index in [0.29, 0.717) is 17.4 Å². The first-order valence-electron chi connectivity index (χ1n) is 6.47. The second-order valence-electron chi connectivity index (χ2n) is 4.68. The minimum absolute atomic E-state index is 0.0271. The molecule has 0 aromatic heterocycles. The van der Waals surface area contributed by atoms with Crippen molar-refractivity contribution in [3.05, 3.63) is 33.9 Å². The lowest BCUT2D eigenvalue weighted by Crippen LogP contribution is -2.41. The largest absolute Gasteiger partial charge is 0.393 e. The molecule has 1 heterocycles. The number of hydrogen-bond acceptors (Lipinski definition) is 5. The number of hydrogen-bond donors (Lipinski definition) is 1. The normalized spacial score (nSPS) is 18.9. The van der Waals surface area contributed by atoms with E-state index in [9.17, 15) is 14.9 Å². The zero-order chi connectivity index (χ0) is 14.7. The third kappa shape index (κ3) is 3.04. The van der Waals surface area contributed by atoms with Gasteiger partial charge in [0.2, 0.25) is 0 Å². The second kappa shape index (κ2) is 6.13. The van der Waals surface area contributed by atoms with Gasteiger partial charge < -0.3 is 10.6 Å². The lowest BCUT2D eigenvalue weighted by atomic mass is 10.1. The van der Waals surface area contributed by atoms with Crippen LogP contribution in [0.3, 0.4) is 0 Å². The molecule has 7 heteroatoms. The summed E-state index contributed by atoms with van der Waals surface area (Å²) in [5.74, 6) is 0.817. The van der Waals surface area contributed by atoms with Gasteiger partial charge in [-0.2, -0.15) is 11.8 Å². The molecule has 108 valence electrons. The van der Waals surface area contributed by atoms with E-state index in [1.807, 2.05) is 11.8 Å². The summed E-state index contributed by atoms with van der Waals surface area (Å²) in [6, 6.07) is 4.15. The van der Waals surface area contributed by atoms with E-state index >= 15 is 0 Å². The predicted octanol–water partition coefficient (Wildman–Crippen LogP) is 2.14. The lowest BCUT2D eigenvalue weighted by Gasteiger charge is -2.32. The fraction of sp³-hybridized carbons (Fsp3) is 0.462. The highest BCUT2D eigenvalue weighted by atomic mass is 32.2. The molecule has 0 radical (unpaired) electrons. The molecular formula is C13H17N3O3S. The first-order valence-corrected chi connectivity index (χ1v) is 7.52. The van der Waals surface area contributed by atoms with Gasteiger partial charge in [0, 0.05) is 35.7 Å². The molecule has 1 unspecified atom stereocenters. The standard InChI is InChI=1S/C13H17N3O3S/c1-2-10-8-15(5-6-20-10)13(17)9-3-4-12(16(18)19)11(14)7-9/h3-4,7,10H,2,5-6,8,14H2,1H3. The Morgan fingerprint density at radius 3 is 2.95 bits per heavy atom. The van der Waals surface area contributed by atoms with Crippen LogP contribution < -0.4 is 5.73 Å². The van der Waals surface area contributed by atoms with Gasteiger partial charge in [-0.3, -0.25) is 14.9 Å². The number of anilines is 1. The van der Waals surface area contributed by atoms with Crippen LogP contribution in [0.25, 0.3) is 0 Å². The molecule has 2 rings (SSSR count). The highest BCUT2D eigenvalue weighted by Gasteiger charge is 2.25. The van der Waals surface area contributed by atoms with Gasteiger partial charge in [-0.05, 0) is 18.6 Å². The molecule has 1 saturated heterocycles. The maximum atomic E-state index is 12.4. The molecule has 1 amide bonds. The summed E-state index contributed by atoms with van der Waals surface area (Å²) < 4.78 is 0. The van der Waals surface area contributed by atoms with E-state index in [1.165, 1.54) is 18.2 Å². The molecule has 1 atom stereocenters. The molecule has 1 aliphatic rings. The Balaban J connectivity index is 2.17. The van der Waals surface area contributed by atoms with Crippen LogP contribution in [0, 0.1) is 10.1 Å². The van der Waals surface area contributed by atoms with Crippen LogP contribution in [0.15, 0.2) is 18.2 Å². The average Bonchev–Trinajstić information content (AvgIpc) is 2.46. The van der Waals surface area contributed by atoms with Crippen LogP contribution in [0.1, 0.15) is 23.7 Å². The number of nitrogens with two attached hydrogens (primary N) is 1. The van der Waals surface area contributed by atoms with Crippen molar-refractivity contribution >= 4 is 29.0 Å². The van der Waals surface area contributed by atoms with Crippen molar-refractivity contribution in [3.63, 3.8) is 0 Å². The smallest absolute Gasteiger partial charge is 0.292 e. The average molecular weight is 295 g/mol. The molecule has 2 N–H and O–H groups in total. The topological polar surface area (TPSA) is 89.5 Å². The fourth-order valence-corrected chi connectivity index (χ4v) is 3.37. The van der Waals surface area contributed by atoms with Crippen molar-refractivity contribution in [3.8, 4) is 0 Å². The van der Waals surface area contributed by atoms with Gasteiger partial charge in [0.25, 0.3) is 11.6 Å². The summed E-state index contributed by atoms with van der Waals surface area (Å²) in [5, 5.41) is 11.2. The van der Waals surface area contributed by atoms with Gasteiger partial charge in [-0.15, -0.1) is 0 Å². The van der Waals surface area contributed by atoms with Crippen molar-refractivity contribution in [2.45, 2.75) is 18.6 Å². The first kappa shape index (κ1) is 14.6. The Morgan fingerprint density at radius 1 is 1.60 bits per heavy atom. The van der Waals surface area contributed by atoms with Crippen LogP contribution in [-0.2, 0) is 0 Å². The number of carbonyl (C=O) groups excluding carboxylic acids is 1. The van der Waals surface area contributed by atoms with Crippen LogP contribution in [0.5, 0.6) is 0 Å². The SMILES string of the molecule is CCC1CN(C(=O)c2ccc([N+](=O)[O-])c(N)c2)CCS1. The van der Waals surface area contributed by atoms with Crippen LogP contribution in [0.2, 0.25) is 0 Å². The van der Waals surface area contributed by atoms with E-state index < -0.39 is 4.92 Å². The molecule has 1 aliphatic heterocycles. The minimum atomic E-state index is -0.547. The Labute approximate surface area is 121 Å². The summed E-state index contributed by atoms with van der Waals surface area (Å²) in [7, 11) is 0. The molecule has 0 aliphatic carbocycles. The molecule has 1 aromatic carbocycles. The summed E-state index contributed by atoms with van der Waals surface area (Å²) in [6.07, 6.45) is 1.02. The summed E-state index contributed by atoms with van der Waals surface area (Å²) in [5.41, 5.74) is 5.90. The third-order valence-electron chi connectivity index (χ3n) is 3.35. The molecule has 0 saturated carbocycles. The first-order chi connectivity index (χ1) is 9.52. The number of amides is 1. The third-order valence-corrected chi connectivity index (χ3v) is 4.72. The monoisotopic (exact) mass is 295 g/mol. The van der Waals surface area contributed by atoms with Gasteiger partial charge in [-0.25, -0.2) is 0 Å². The van der Waals surface area contributed by atoms with Gasteiger partial charge in [0.05, 0.1) is 4.92 Å². The molecule has 0 bridgehead atoms. The van der Waals surface area contributed by atoms with E-state index in [2.05, 4.69) is 6.92 Å². The number of nitro benzene ring substituents is 1. The number of nitrogens with zero attached hydrogens (tertiary/aromatic N) is 2. The van der Waals surface area contributed by atoms with E-state index in [1.54, 1.807) is 4.90 Å². The molecular weight excluding hydrogens is 278 g/mol. The Kier molecular flexibility index (Phi) is 4.49. The van der Waals surface area contributed by atoms with Crippen molar-refractivity contribution in [2.75, 3.05) is 24.6 Å². The molecule has 1 fully saturated rings. The van der Waals surface area contributed by atoms with Gasteiger partial charge in [0.1, 0.15) is 5.69 Å². The Bertz CT molecular complexity index is 536. The summed E-state index contributed by atoms with van der Waals surface area (Å²) >= 11 is 1.88. The Morgan fingerprint density at radius 2 is 2.35 bits per heavy atom. The maximum Gasteiger partial charge on any atom is 0.292 e. The maximum absolute atomic E-state index is 12.4. The zero-order valence-electron chi connectivity index (χ0n) is 11.2. The van der Waals surface area contributed by atoms with E-state index in [-0.39, 0.29) is 17.3 Å². The van der Waals surface area contributed by atoms with E-state index in [4.69, 9.17) is 5.73 Å². The highest BCUT2D eigenvalue weighted by Crippen LogP contribution is 2.25. The lowest BCUT2D eigenvalue weighted by molar-refractivity contribution is -0.383. The van der Waals surface area contributed by atoms with Crippen molar-refractivity contribution < 1.29 is 9.72 Å². The second-order valence-corrected chi connectivity index (χ2v) is 6.09. The fourth-order valence-electron chi connectivity index (χ4n) is 2.19. The number of nitro groups is 1.